The summed E-state index contributed by atoms with van der Waals surface area (Å²) >= 11 is 0. The van der Waals surface area contributed by atoms with E-state index >= 15 is 0 Å². The molecule has 1 aromatic heterocycles. The molecule has 2 amide bonds. The summed E-state index contributed by atoms with van der Waals surface area (Å²) < 4.78 is 2.00. The Labute approximate surface area is 195 Å². The van der Waals surface area contributed by atoms with Crippen LogP contribution in [0.2, 0.25) is 0 Å². The van der Waals surface area contributed by atoms with Crippen LogP contribution in [0.4, 0.5) is 0 Å². The van der Waals surface area contributed by atoms with Crippen molar-refractivity contribution in [2.24, 2.45) is 0 Å². The van der Waals surface area contributed by atoms with Crippen LogP contribution in [0.5, 0.6) is 0 Å². The number of amides is 2. The van der Waals surface area contributed by atoms with E-state index in [-0.39, 0.29) is 17.2 Å². The maximum absolute atomic E-state index is 12.7. The first-order valence-corrected chi connectivity index (χ1v) is 11.6. The summed E-state index contributed by atoms with van der Waals surface area (Å²) in [5.74, 6) is -0.483. The summed E-state index contributed by atoms with van der Waals surface area (Å²) in [6.45, 7) is 8.44. The molecule has 0 spiro atoms. The van der Waals surface area contributed by atoms with Gasteiger partial charge < -0.3 is 10.6 Å². The van der Waals surface area contributed by atoms with Gasteiger partial charge in [-0.25, -0.2) is 4.68 Å². The zero-order valence-corrected chi connectivity index (χ0v) is 19.8. The summed E-state index contributed by atoms with van der Waals surface area (Å²) in [4.78, 5) is 25.3. The molecule has 0 aliphatic heterocycles. The fourth-order valence-electron chi connectivity index (χ4n) is 4.23. The van der Waals surface area contributed by atoms with Gasteiger partial charge in [0.1, 0.15) is 6.04 Å². The monoisotopic (exact) mass is 444 g/mol. The van der Waals surface area contributed by atoms with Crippen molar-refractivity contribution in [1.82, 2.24) is 20.4 Å². The average Bonchev–Trinajstić information content (AvgIpc) is 3.41. The minimum absolute atomic E-state index is 0.0237. The summed E-state index contributed by atoms with van der Waals surface area (Å²) in [7, 11) is 0. The lowest BCUT2D eigenvalue weighted by Gasteiger charge is -2.19. The first-order valence-electron chi connectivity index (χ1n) is 11.6. The molecule has 0 bridgehead atoms. The largest absolute Gasteiger partial charge is 0.349 e. The average molecular weight is 445 g/mol. The number of benzene rings is 2. The molecule has 1 aliphatic carbocycles. The molecule has 4 rings (SSSR count). The highest BCUT2D eigenvalue weighted by molar-refractivity contribution is 5.97. The first kappa shape index (κ1) is 22.8. The minimum Gasteiger partial charge on any atom is -0.349 e. The molecule has 0 saturated carbocycles. The number of hydrogen-bond acceptors (Lipinski definition) is 3. The van der Waals surface area contributed by atoms with E-state index in [1.54, 1.807) is 19.1 Å². The normalized spacial score (nSPS) is 13.9. The zero-order valence-electron chi connectivity index (χ0n) is 19.8. The van der Waals surface area contributed by atoms with Gasteiger partial charge in [0.05, 0.1) is 17.9 Å². The number of carbonyl (C=O) groups is 2. The van der Waals surface area contributed by atoms with Crippen molar-refractivity contribution in [3.05, 3.63) is 82.7 Å². The van der Waals surface area contributed by atoms with Crippen LogP contribution in [0, 0.1) is 0 Å². The molecular weight excluding hydrogens is 412 g/mol. The van der Waals surface area contributed by atoms with Gasteiger partial charge in [-0.05, 0) is 67.0 Å². The Balaban J connectivity index is 1.38. The van der Waals surface area contributed by atoms with Crippen LogP contribution in [-0.4, -0.2) is 27.6 Å². The number of rotatable bonds is 6. The molecule has 172 valence electrons. The third-order valence-corrected chi connectivity index (χ3v) is 6.20. The van der Waals surface area contributed by atoms with Crippen molar-refractivity contribution in [1.29, 1.82) is 0 Å². The van der Waals surface area contributed by atoms with E-state index in [4.69, 9.17) is 5.10 Å². The fourth-order valence-corrected chi connectivity index (χ4v) is 4.23. The van der Waals surface area contributed by atoms with Gasteiger partial charge in [0.15, 0.2) is 0 Å². The van der Waals surface area contributed by atoms with Crippen molar-refractivity contribution in [3.63, 3.8) is 0 Å². The predicted octanol–water partition coefficient (Wildman–Crippen LogP) is 4.09. The second kappa shape index (κ2) is 9.22. The highest BCUT2D eigenvalue weighted by Gasteiger charge is 2.24. The minimum atomic E-state index is -0.649. The molecule has 2 N–H and O–H groups in total. The second-order valence-corrected chi connectivity index (χ2v) is 9.71. The fraction of sp³-hybridized carbons (Fsp3) is 0.370. The Morgan fingerprint density at radius 3 is 2.39 bits per heavy atom. The molecule has 1 aliphatic rings. The predicted molar refractivity (Wildman–Crippen MR) is 130 cm³/mol. The number of nitrogens with zero attached hydrogens (tertiary/aromatic N) is 2. The van der Waals surface area contributed by atoms with Crippen LogP contribution in [0.15, 0.2) is 54.6 Å². The molecule has 1 heterocycles. The molecule has 0 saturated heterocycles. The molecule has 3 aromatic rings. The number of aromatic nitrogens is 2. The smallest absolute Gasteiger partial charge is 0.251 e. The summed E-state index contributed by atoms with van der Waals surface area (Å²) in [6, 6.07) is 17.0. The van der Waals surface area contributed by atoms with Gasteiger partial charge in [-0.3, -0.25) is 9.59 Å². The Hall–Kier alpha value is -3.41. The summed E-state index contributed by atoms with van der Waals surface area (Å²) in [5, 5.41) is 10.5. The molecule has 33 heavy (non-hydrogen) atoms. The Bertz CT molecular complexity index is 1140. The van der Waals surface area contributed by atoms with Crippen LogP contribution in [0.25, 0.3) is 5.69 Å². The van der Waals surface area contributed by atoms with Crippen LogP contribution in [-0.2, 0) is 29.6 Å². The van der Waals surface area contributed by atoms with Crippen LogP contribution in [0.1, 0.15) is 67.0 Å². The van der Waals surface area contributed by atoms with E-state index in [0.717, 1.165) is 36.2 Å². The number of hydrogen-bond donors (Lipinski definition) is 2. The van der Waals surface area contributed by atoms with Crippen molar-refractivity contribution < 1.29 is 9.59 Å². The van der Waals surface area contributed by atoms with E-state index in [1.807, 2.05) is 47.1 Å². The Morgan fingerprint density at radius 2 is 1.73 bits per heavy atom. The number of carbonyl (C=O) groups excluding carboxylic acids is 2. The molecule has 0 radical (unpaired) electrons. The summed E-state index contributed by atoms with van der Waals surface area (Å²) in [5.41, 5.74) is 6.12. The molecule has 1 unspecified atom stereocenters. The lowest BCUT2D eigenvalue weighted by Crippen LogP contribution is -2.44. The van der Waals surface area contributed by atoms with E-state index in [9.17, 15) is 9.59 Å². The van der Waals surface area contributed by atoms with E-state index in [1.165, 1.54) is 11.3 Å². The topological polar surface area (TPSA) is 76.0 Å². The van der Waals surface area contributed by atoms with Gasteiger partial charge in [-0.1, -0.05) is 51.1 Å². The summed E-state index contributed by atoms with van der Waals surface area (Å²) in [6.07, 6.45) is 3.07. The third-order valence-electron chi connectivity index (χ3n) is 6.20. The van der Waals surface area contributed by atoms with Gasteiger partial charge in [-0.15, -0.1) is 0 Å². The Kier molecular flexibility index (Phi) is 6.36. The molecule has 6 heteroatoms. The lowest BCUT2D eigenvalue weighted by atomic mass is 9.86. The van der Waals surface area contributed by atoms with E-state index in [0.29, 0.717) is 12.1 Å². The molecule has 0 fully saturated rings. The highest BCUT2D eigenvalue weighted by atomic mass is 16.2. The van der Waals surface area contributed by atoms with Crippen molar-refractivity contribution in [2.45, 2.75) is 65.0 Å². The second-order valence-electron chi connectivity index (χ2n) is 9.71. The highest BCUT2D eigenvalue weighted by Crippen LogP contribution is 2.27. The van der Waals surface area contributed by atoms with Gasteiger partial charge in [0.2, 0.25) is 5.91 Å². The molecule has 6 nitrogen and oxygen atoms in total. The quantitative estimate of drug-likeness (QED) is 0.601. The molecule has 2 aromatic carbocycles. The van der Waals surface area contributed by atoms with Gasteiger partial charge in [0, 0.05) is 11.3 Å². The first-order chi connectivity index (χ1) is 15.7. The number of nitrogens with one attached hydrogen (secondary N) is 2. The van der Waals surface area contributed by atoms with Gasteiger partial charge in [0.25, 0.3) is 5.91 Å². The Morgan fingerprint density at radius 1 is 1.03 bits per heavy atom. The third kappa shape index (κ3) is 5.00. The van der Waals surface area contributed by atoms with E-state index < -0.39 is 6.04 Å². The van der Waals surface area contributed by atoms with Crippen LogP contribution in [0.3, 0.4) is 0 Å². The maximum atomic E-state index is 12.7. The van der Waals surface area contributed by atoms with Gasteiger partial charge >= 0.3 is 0 Å². The van der Waals surface area contributed by atoms with E-state index in [2.05, 4.69) is 31.4 Å². The van der Waals surface area contributed by atoms with Crippen molar-refractivity contribution in [2.75, 3.05) is 0 Å². The van der Waals surface area contributed by atoms with Crippen molar-refractivity contribution >= 4 is 11.8 Å². The number of para-hydroxylation sites is 1. The van der Waals surface area contributed by atoms with Crippen LogP contribution < -0.4 is 10.6 Å². The standard InChI is InChI=1S/C27H32N4O2/c1-18(29-26(33)19-13-15-20(16-14-19)27(2,3)4)25(32)28-17-23-22-11-8-12-24(22)31(30-23)21-9-6-5-7-10-21/h5-7,9-10,13-16,18H,8,11-12,17H2,1-4H3,(H,28,32)(H,29,33). The number of fused-ring (bicyclic) bond motifs is 1. The molecule has 1 atom stereocenters. The maximum Gasteiger partial charge on any atom is 0.251 e. The SMILES string of the molecule is CC(NC(=O)c1ccc(C(C)(C)C)cc1)C(=O)NCc1nn(-c2ccccc2)c2c1CCC2. The van der Waals surface area contributed by atoms with Crippen molar-refractivity contribution in [3.8, 4) is 5.69 Å². The molecular formula is C27H32N4O2. The van der Waals surface area contributed by atoms with Crippen LogP contribution >= 0.6 is 0 Å². The lowest BCUT2D eigenvalue weighted by molar-refractivity contribution is -0.122. The zero-order chi connectivity index (χ0) is 23.6. The van der Waals surface area contributed by atoms with Gasteiger partial charge in [-0.2, -0.15) is 5.10 Å².